The Morgan fingerprint density at radius 1 is 1.39 bits per heavy atom. The number of rotatable bonds is 6. The molecule has 1 aromatic rings. The molecule has 23 heavy (non-hydrogen) atoms. The maximum atomic E-state index is 13.0. The Morgan fingerprint density at radius 2 is 2.26 bits per heavy atom. The van der Waals surface area contributed by atoms with E-state index in [1.807, 2.05) is 31.4 Å². The maximum Gasteiger partial charge on any atom is 0.226 e. The highest BCUT2D eigenvalue weighted by Crippen LogP contribution is 2.22. The average Bonchev–Trinajstić information content (AvgIpc) is 3.20. The molecule has 3 heterocycles. The Bertz CT molecular complexity index is 522. The van der Waals surface area contributed by atoms with Gasteiger partial charge >= 0.3 is 0 Å². The van der Waals surface area contributed by atoms with Gasteiger partial charge in [-0.05, 0) is 33.4 Å². The predicted octanol–water partition coefficient (Wildman–Crippen LogP) is 1.01. The van der Waals surface area contributed by atoms with E-state index in [0.29, 0.717) is 0 Å². The van der Waals surface area contributed by atoms with Crippen molar-refractivity contribution in [1.29, 1.82) is 0 Å². The van der Waals surface area contributed by atoms with E-state index in [4.69, 9.17) is 4.74 Å². The molecule has 1 aromatic heterocycles. The van der Waals surface area contributed by atoms with Crippen LogP contribution in [0.4, 0.5) is 0 Å². The highest BCUT2D eigenvalue weighted by molar-refractivity contribution is 5.79. The molecular formula is C17H28N4O2. The molecule has 0 radical (unpaired) electrons. The first-order valence-electron chi connectivity index (χ1n) is 8.68. The van der Waals surface area contributed by atoms with E-state index in [-0.39, 0.29) is 17.9 Å². The molecule has 0 saturated carbocycles. The van der Waals surface area contributed by atoms with Gasteiger partial charge < -0.3 is 19.1 Å². The number of ether oxygens (including phenoxy) is 1. The average molecular weight is 320 g/mol. The van der Waals surface area contributed by atoms with Crippen molar-refractivity contribution >= 4 is 5.91 Å². The second kappa shape index (κ2) is 7.45. The summed E-state index contributed by atoms with van der Waals surface area (Å²) >= 11 is 0. The van der Waals surface area contributed by atoms with Crippen molar-refractivity contribution in [3.63, 3.8) is 0 Å². The fourth-order valence-electron chi connectivity index (χ4n) is 3.47. The molecule has 0 bridgehead atoms. The summed E-state index contributed by atoms with van der Waals surface area (Å²) in [4.78, 5) is 21.6. The number of hydrogen-bond donors (Lipinski definition) is 0. The highest BCUT2D eigenvalue weighted by atomic mass is 16.5. The van der Waals surface area contributed by atoms with Gasteiger partial charge in [-0.1, -0.05) is 0 Å². The quantitative estimate of drug-likeness (QED) is 0.785. The van der Waals surface area contributed by atoms with Crippen molar-refractivity contribution in [1.82, 2.24) is 19.4 Å². The molecule has 1 fully saturated rings. The summed E-state index contributed by atoms with van der Waals surface area (Å²) in [5, 5.41) is 0. The molecule has 2 aliphatic heterocycles. The third kappa shape index (κ3) is 4.12. The van der Waals surface area contributed by atoms with E-state index < -0.39 is 0 Å². The summed E-state index contributed by atoms with van der Waals surface area (Å²) in [6.07, 6.45) is 7.90. The topological polar surface area (TPSA) is 50.6 Å². The zero-order valence-electron chi connectivity index (χ0n) is 14.3. The Hall–Kier alpha value is -1.40. The Balaban J connectivity index is 1.63. The molecule has 2 aliphatic rings. The molecular weight excluding hydrogens is 292 g/mol. The van der Waals surface area contributed by atoms with Crippen LogP contribution in [0.25, 0.3) is 0 Å². The number of carbonyl (C=O) groups excluding carboxylic acids is 1. The van der Waals surface area contributed by atoms with Gasteiger partial charge in [-0.25, -0.2) is 4.98 Å². The first kappa shape index (κ1) is 16.5. The third-order valence-corrected chi connectivity index (χ3v) is 4.88. The van der Waals surface area contributed by atoms with Crippen LogP contribution < -0.4 is 0 Å². The normalized spacial score (nSPS) is 24.0. The monoisotopic (exact) mass is 320 g/mol. The van der Waals surface area contributed by atoms with E-state index in [1.54, 1.807) is 0 Å². The Morgan fingerprint density at radius 3 is 3.00 bits per heavy atom. The summed E-state index contributed by atoms with van der Waals surface area (Å²) in [7, 11) is 4.10. The molecule has 128 valence electrons. The fraction of sp³-hybridized carbons (Fsp3) is 0.765. The molecule has 6 heteroatoms. The lowest BCUT2D eigenvalue weighted by atomic mass is 9.96. The van der Waals surface area contributed by atoms with Crippen LogP contribution in [0.15, 0.2) is 12.4 Å². The van der Waals surface area contributed by atoms with Crippen molar-refractivity contribution in [2.45, 2.75) is 38.3 Å². The number of amides is 1. The first-order valence-corrected chi connectivity index (χ1v) is 8.68. The standard InChI is InChI=1S/C17H28N4O2/c1-19(2)9-10-21(13-15-4-3-11-23-15)17(22)14-5-7-20-8-6-18-16(20)12-14/h6,8,14-15H,3-5,7,9-13H2,1-2H3. The Kier molecular flexibility index (Phi) is 5.33. The molecule has 0 N–H and O–H groups in total. The maximum absolute atomic E-state index is 13.0. The number of imidazole rings is 1. The highest BCUT2D eigenvalue weighted by Gasteiger charge is 2.31. The second-order valence-corrected chi connectivity index (χ2v) is 6.95. The number of aromatic nitrogens is 2. The molecule has 0 aromatic carbocycles. The van der Waals surface area contributed by atoms with Crippen molar-refractivity contribution < 1.29 is 9.53 Å². The number of carbonyl (C=O) groups is 1. The van der Waals surface area contributed by atoms with Crippen molar-refractivity contribution in [3.05, 3.63) is 18.2 Å². The molecule has 2 unspecified atom stereocenters. The third-order valence-electron chi connectivity index (χ3n) is 4.88. The van der Waals surface area contributed by atoms with E-state index in [2.05, 4.69) is 14.5 Å². The van der Waals surface area contributed by atoms with Crippen molar-refractivity contribution in [2.24, 2.45) is 5.92 Å². The van der Waals surface area contributed by atoms with Crippen molar-refractivity contribution in [2.75, 3.05) is 40.3 Å². The molecule has 0 spiro atoms. The SMILES string of the molecule is CN(C)CCN(CC1CCCO1)C(=O)C1CCn2ccnc2C1. The van der Waals surface area contributed by atoms with Crippen LogP contribution in [0.3, 0.4) is 0 Å². The molecule has 0 aliphatic carbocycles. The summed E-state index contributed by atoms with van der Waals surface area (Å²) in [5.41, 5.74) is 0. The van der Waals surface area contributed by atoms with Gasteiger partial charge in [-0.15, -0.1) is 0 Å². The summed E-state index contributed by atoms with van der Waals surface area (Å²) < 4.78 is 7.91. The number of fused-ring (bicyclic) bond motifs is 1. The fourth-order valence-corrected chi connectivity index (χ4v) is 3.47. The molecule has 3 rings (SSSR count). The first-order chi connectivity index (χ1) is 11.1. The number of aryl methyl sites for hydroxylation is 1. The zero-order valence-corrected chi connectivity index (χ0v) is 14.3. The van der Waals surface area contributed by atoms with Crippen LogP contribution in [0.2, 0.25) is 0 Å². The van der Waals surface area contributed by atoms with E-state index >= 15 is 0 Å². The Labute approximate surface area is 138 Å². The summed E-state index contributed by atoms with van der Waals surface area (Å²) in [6, 6.07) is 0. The van der Waals surface area contributed by atoms with Gasteiger partial charge in [-0.3, -0.25) is 4.79 Å². The number of nitrogens with zero attached hydrogens (tertiary/aromatic N) is 4. The molecule has 6 nitrogen and oxygen atoms in total. The lowest BCUT2D eigenvalue weighted by molar-refractivity contribution is -0.138. The van der Waals surface area contributed by atoms with Crippen LogP contribution in [0, 0.1) is 5.92 Å². The van der Waals surface area contributed by atoms with Crippen LogP contribution in [-0.2, 0) is 22.5 Å². The summed E-state index contributed by atoms with van der Waals surface area (Å²) in [5.74, 6) is 1.38. The van der Waals surface area contributed by atoms with Crippen LogP contribution >= 0.6 is 0 Å². The van der Waals surface area contributed by atoms with Gasteiger partial charge in [0, 0.05) is 57.5 Å². The van der Waals surface area contributed by atoms with Crippen LogP contribution in [0.1, 0.15) is 25.1 Å². The van der Waals surface area contributed by atoms with Gasteiger partial charge in [0.1, 0.15) is 5.82 Å². The van der Waals surface area contributed by atoms with E-state index in [0.717, 1.165) is 64.3 Å². The minimum absolute atomic E-state index is 0.0634. The number of hydrogen-bond acceptors (Lipinski definition) is 4. The van der Waals surface area contributed by atoms with Gasteiger partial charge in [0.15, 0.2) is 0 Å². The van der Waals surface area contributed by atoms with Crippen molar-refractivity contribution in [3.8, 4) is 0 Å². The van der Waals surface area contributed by atoms with Gasteiger partial charge in [0.05, 0.1) is 6.10 Å². The molecule has 2 atom stereocenters. The minimum atomic E-state index is 0.0634. The molecule has 1 amide bonds. The van der Waals surface area contributed by atoms with Gasteiger partial charge in [0.2, 0.25) is 5.91 Å². The summed E-state index contributed by atoms with van der Waals surface area (Å²) in [6.45, 7) is 4.13. The van der Waals surface area contributed by atoms with Gasteiger partial charge in [-0.2, -0.15) is 0 Å². The largest absolute Gasteiger partial charge is 0.376 e. The van der Waals surface area contributed by atoms with E-state index in [1.165, 1.54) is 0 Å². The predicted molar refractivity (Wildman–Crippen MR) is 88.1 cm³/mol. The minimum Gasteiger partial charge on any atom is -0.376 e. The number of likely N-dealkylation sites (N-methyl/N-ethyl adjacent to an activating group) is 1. The van der Waals surface area contributed by atoms with Gasteiger partial charge in [0.25, 0.3) is 0 Å². The zero-order chi connectivity index (χ0) is 16.2. The lowest BCUT2D eigenvalue weighted by Gasteiger charge is -2.32. The van der Waals surface area contributed by atoms with E-state index in [9.17, 15) is 4.79 Å². The smallest absolute Gasteiger partial charge is 0.226 e. The van der Waals surface area contributed by atoms with Crippen LogP contribution in [0.5, 0.6) is 0 Å². The molecule has 1 saturated heterocycles. The van der Waals surface area contributed by atoms with Crippen LogP contribution in [-0.4, -0.2) is 71.7 Å². The lowest BCUT2D eigenvalue weighted by Crippen LogP contribution is -2.45. The second-order valence-electron chi connectivity index (χ2n) is 6.95.